The molecule has 0 radical (unpaired) electrons. The van der Waals surface area contributed by atoms with Crippen LogP contribution in [0.25, 0.3) is 0 Å². The van der Waals surface area contributed by atoms with Crippen LogP contribution in [0.15, 0.2) is 65.0 Å². The molecule has 234 valence electrons. The van der Waals surface area contributed by atoms with E-state index in [9.17, 15) is 9.59 Å². The van der Waals surface area contributed by atoms with Gasteiger partial charge in [-0.15, -0.1) is 0 Å². The zero-order valence-electron chi connectivity index (χ0n) is 26.9. The van der Waals surface area contributed by atoms with Crippen molar-refractivity contribution >= 4 is 23.2 Å². The normalized spacial score (nSPS) is 22.2. The Balaban J connectivity index is 1.52. The average molecular weight is 616 g/mol. The number of halogens is 1. The van der Waals surface area contributed by atoms with Crippen LogP contribution in [-0.4, -0.2) is 29.1 Å². The summed E-state index contributed by atoms with van der Waals surface area (Å²) in [6.45, 7) is 11.5. The van der Waals surface area contributed by atoms with Gasteiger partial charge in [0.05, 0.1) is 11.6 Å². The molecule has 1 aliphatic heterocycles. The van der Waals surface area contributed by atoms with Gasteiger partial charge in [0.2, 0.25) is 0 Å². The van der Waals surface area contributed by atoms with Gasteiger partial charge in [0.1, 0.15) is 6.61 Å². The fraction of sp³-hybridized carbons (Fsp3) is 0.526. The summed E-state index contributed by atoms with van der Waals surface area (Å²) >= 11 is 7.00. The number of ketones is 2. The van der Waals surface area contributed by atoms with E-state index in [1.807, 2.05) is 49.4 Å². The third-order valence-electron chi connectivity index (χ3n) is 9.78. The minimum absolute atomic E-state index is 0.143. The lowest BCUT2D eigenvalue weighted by molar-refractivity contribution is -0.119. The van der Waals surface area contributed by atoms with Gasteiger partial charge in [-0.2, -0.15) is 0 Å². The number of hydrogen-bond acceptors (Lipinski definition) is 5. The van der Waals surface area contributed by atoms with Gasteiger partial charge in [0.25, 0.3) is 0 Å². The van der Waals surface area contributed by atoms with E-state index < -0.39 is 5.92 Å². The van der Waals surface area contributed by atoms with Crippen LogP contribution in [0.1, 0.15) is 109 Å². The number of nitrogens with zero attached hydrogens (tertiary/aromatic N) is 1. The van der Waals surface area contributed by atoms with E-state index in [-0.39, 0.29) is 22.4 Å². The van der Waals surface area contributed by atoms with Crippen LogP contribution >= 0.6 is 11.6 Å². The molecule has 44 heavy (non-hydrogen) atoms. The van der Waals surface area contributed by atoms with E-state index in [1.54, 1.807) is 0 Å². The van der Waals surface area contributed by atoms with Crippen molar-refractivity contribution in [2.75, 3.05) is 6.61 Å². The molecule has 3 aliphatic carbocycles. The van der Waals surface area contributed by atoms with Crippen LogP contribution in [0.5, 0.6) is 11.5 Å². The Labute approximate surface area is 267 Å². The molecule has 0 bridgehead atoms. The van der Waals surface area contributed by atoms with Gasteiger partial charge in [0.15, 0.2) is 23.1 Å². The molecule has 0 spiro atoms. The Morgan fingerprint density at radius 3 is 1.98 bits per heavy atom. The first-order valence-corrected chi connectivity index (χ1v) is 16.8. The topological polar surface area (TPSA) is 55.8 Å². The highest BCUT2D eigenvalue weighted by Crippen LogP contribution is 2.56. The molecule has 1 saturated carbocycles. The first kappa shape index (κ1) is 31.0. The maximum atomic E-state index is 14.3. The Kier molecular flexibility index (Phi) is 8.47. The van der Waals surface area contributed by atoms with Crippen molar-refractivity contribution in [1.82, 2.24) is 4.90 Å². The highest BCUT2D eigenvalue weighted by molar-refractivity contribution is 6.32. The van der Waals surface area contributed by atoms with Gasteiger partial charge < -0.3 is 14.4 Å². The van der Waals surface area contributed by atoms with Crippen molar-refractivity contribution < 1.29 is 19.1 Å². The molecule has 1 fully saturated rings. The number of rotatable bonds is 7. The molecule has 0 unspecified atom stereocenters. The van der Waals surface area contributed by atoms with Crippen LogP contribution in [0.3, 0.4) is 0 Å². The van der Waals surface area contributed by atoms with Gasteiger partial charge in [-0.3, -0.25) is 9.59 Å². The third kappa shape index (κ3) is 5.97. The summed E-state index contributed by atoms with van der Waals surface area (Å²) in [7, 11) is 0. The Morgan fingerprint density at radius 1 is 0.818 bits per heavy atom. The molecular weight excluding hydrogens is 570 g/mol. The largest absolute Gasteiger partial charge is 0.490 e. The van der Waals surface area contributed by atoms with E-state index in [2.05, 4.69) is 32.6 Å². The first-order chi connectivity index (χ1) is 21.0. The Morgan fingerprint density at radius 2 is 1.41 bits per heavy atom. The van der Waals surface area contributed by atoms with Crippen LogP contribution < -0.4 is 9.47 Å². The Bertz CT molecular complexity index is 1460. The summed E-state index contributed by atoms with van der Waals surface area (Å²) in [5, 5.41) is 0.424. The number of carbonyl (C=O) groups is 2. The van der Waals surface area contributed by atoms with Crippen molar-refractivity contribution in [3.63, 3.8) is 0 Å². The summed E-state index contributed by atoms with van der Waals surface area (Å²) in [6, 6.07) is 14.1. The molecule has 1 heterocycles. The number of ether oxygens (including phenoxy) is 2. The summed E-state index contributed by atoms with van der Waals surface area (Å²) in [5.74, 6) is 0.842. The summed E-state index contributed by atoms with van der Waals surface area (Å²) in [6.07, 6.45) is 8.36. The fourth-order valence-corrected chi connectivity index (χ4v) is 8.27. The monoisotopic (exact) mass is 615 g/mol. The maximum Gasteiger partial charge on any atom is 0.180 e. The van der Waals surface area contributed by atoms with Crippen LogP contribution in [0.2, 0.25) is 5.02 Å². The molecule has 2 aromatic carbocycles. The fourth-order valence-electron chi connectivity index (χ4n) is 8.00. The van der Waals surface area contributed by atoms with E-state index >= 15 is 0 Å². The molecule has 6 rings (SSSR count). The van der Waals surface area contributed by atoms with Gasteiger partial charge in [-0.25, -0.2) is 0 Å². The zero-order valence-corrected chi connectivity index (χ0v) is 27.7. The van der Waals surface area contributed by atoms with Crippen molar-refractivity contribution in [3.8, 4) is 11.5 Å². The first-order valence-electron chi connectivity index (χ1n) is 16.4. The average Bonchev–Trinajstić information content (AvgIpc) is 2.95. The minimum Gasteiger partial charge on any atom is -0.490 e. The third-order valence-corrected chi connectivity index (χ3v) is 10.1. The molecule has 4 aliphatic rings. The number of hydrogen-bond donors (Lipinski definition) is 0. The summed E-state index contributed by atoms with van der Waals surface area (Å²) in [5.41, 5.74) is 5.40. The number of carbonyl (C=O) groups excluding carboxylic acids is 2. The summed E-state index contributed by atoms with van der Waals surface area (Å²) < 4.78 is 12.4. The van der Waals surface area contributed by atoms with Gasteiger partial charge >= 0.3 is 0 Å². The van der Waals surface area contributed by atoms with Gasteiger partial charge in [0, 0.05) is 47.3 Å². The minimum atomic E-state index is -0.466. The lowest BCUT2D eigenvalue weighted by Gasteiger charge is -2.52. The molecular formula is C38H46ClNO4. The highest BCUT2D eigenvalue weighted by Gasteiger charge is 2.50. The van der Waals surface area contributed by atoms with Crippen molar-refractivity contribution in [2.45, 2.75) is 111 Å². The smallest absolute Gasteiger partial charge is 0.180 e. The van der Waals surface area contributed by atoms with Crippen LogP contribution in [0, 0.1) is 10.8 Å². The Hall–Kier alpha value is -3.05. The molecule has 0 atom stereocenters. The molecule has 0 saturated heterocycles. The van der Waals surface area contributed by atoms with E-state index in [0.717, 1.165) is 59.4 Å². The lowest BCUT2D eigenvalue weighted by atomic mass is 9.63. The van der Waals surface area contributed by atoms with E-state index in [1.165, 1.54) is 19.3 Å². The molecule has 0 amide bonds. The number of allylic oxidation sites excluding steroid dienone is 4. The quantitative estimate of drug-likeness (QED) is 0.311. The van der Waals surface area contributed by atoms with Crippen molar-refractivity contribution in [1.29, 1.82) is 0 Å². The van der Waals surface area contributed by atoms with Gasteiger partial charge in [-0.1, -0.05) is 88.9 Å². The molecule has 2 aromatic rings. The highest BCUT2D eigenvalue weighted by atomic mass is 35.5. The summed E-state index contributed by atoms with van der Waals surface area (Å²) in [4.78, 5) is 31.1. The standard InChI is InChI=1S/C38H46ClNO4/c1-6-43-32-18-25(17-27(39)36(32)44-23-24-13-9-7-10-14-24)33-34-28(19-37(2,3)21-30(34)41)40(26-15-11-8-12-16-26)29-20-38(4,5)22-31(42)35(29)33/h7,9-10,13-14,17-18,26,33H,6,8,11-12,15-16,19-23H2,1-5H3. The molecule has 5 nitrogen and oxygen atoms in total. The SMILES string of the molecule is CCOc1cc(C2C3=C(CC(C)(C)CC3=O)N(C3CCCCC3)C3=C2C(=O)CC(C)(C)C3)cc(Cl)c1OCc1ccccc1. The predicted molar refractivity (Wildman–Crippen MR) is 175 cm³/mol. The molecule has 0 aromatic heterocycles. The molecule has 0 N–H and O–H groups in total. The van der Waals surface area contributed by atoms with Crippen molar-refractivity contribution in [3.05, 3.63) is 81.2 Å². The van der Waals surface area contributed by atoms with E-state index in [4.69, 9.17) is 21.1 Å². The van der Waals surface area contributed by atoms with Crippen LogP contribution in [-0.2, 0) is 16.2 Å². The van der Waals surface area contributed by atoms with Gasteiger partial charge in [-0.05, 0) is 66.7 Å². The second kappa shape index (κ2) is 12.0. The van der Waals surface area contributed by atoms with E-state index in [0.29, 0.717) is 48.6 Å². The lowest BCUT2D eigenvalue weighted by Crippen LogP contribution is -2.48. The maximum absolute atomic E-state index is 14.3. The zero-order chi connectivity index (χ0) is 31.2. The van der Waals surface area contributed by atoms with Crippen molar-refractivity contribution in [2.24, 2.45) is 10.8 Å². The second-order valence-corrected chi connectivity index (χ2v) is 15.1. The van der Waals surface area contributed by atoms with Crippen LogP contribution in [0.4, 0.5) is 0 Å². The predicted octanol–water partition coefficient (Wildman–Crippen LogP) is 9.34. The number of benzene rings is 2. The molecule has 6 heteroatoms. The second-order valence-electron chi connectivity index (χ2n) is 14.7. The number of Topliss-reactive ketones (excluding diaryl/α,β-unsaturated/α-hetero) is 2.